The zero-order valence-electron chi connectivity index (χ0n) is 11.7. The molecule has 0 aliphatic heterocycles. The first-order valence-electron chi connectivity index (χ1n) is 6.84. The fraction of sp³-hybridized carbons (Fsp3) is 0.400. The summed E-state index contributed by atoms with van der Waals surface area (Å²) in [6.07, 6.45) is 3.95. The monoisotopic (exact) mass is 258 g/mol. The van der Waals surface area contributed by atoms with Gasteiger partial charge in [0.2, 0.25) is 0 Å². The van der Waals surface area contributed by atoms with Crippen LogP contribution in [0.2, 0.25) is 0 Å². The van der Waals surface area contributed by atoms with E-state index in [9.17, 15) is 0 Å². The summed E-state index contributed by atoms with van der Waals surface area (Å²) in [6, 6.07) is 7.90. The van der Waals surface area contributed by atoms with Crippen LogP contribution < -0.4 is 5.73 Å². The molecule has 2 rings (SSSR count). The van der Waals surface area contributed by atoms with Crippen molar-refractivity contribution in [3.05, 3.63) is 36.7 Å². The molecule has 4 heteroatoms. The highest BCUT2D eigenvalue weighted by atomic mass is 15.3. The Morgan fingerprint density at radius 3 is 2.63 bits per heavy atom. The van der Waals surface area contributed by atoms with Crippen LogP contribution in [0.3, 0.4) is 0 Å². The number of nitrogens with zero attached hydrogens (tertiary/aromatic N) is 3. The van der Waals surface area contributed by atoms with Gasteiger partial charge in [-0.15, -0.1) is 0 Å². The average Bonchev–Trinajstić information content (AvgIpc) is 2.89. The van der Waals surface area contributed by atoms with Crippen molar-refractivity contribution in [2.45, 2.75) is 20.4 Å². The Morgan fingerprint density at radius 2 is 1.95 bits per heavy atom. The quantitative estimate of drug-likeness (QED) is 0.810. The Hall–Kier alpha value is -1.81. The minimum atomic E-state index is 0.797. The lowest BCUT2D eigenvalue weighted by atomic mass is 10.1. The van der Waals surface area contributed by atoms with Crippen LogP contribution >= 0.6 is 0 Å². The number of aromatic nitrogens is 2. The van der Waals surface area contributed by atoms with Crippen molar-refractivity contribution >= 4 is 5.69 Å². The minimum absolute atomic E-state index is 0.797. The van der Waals surface area contributed by atoms with Gasteiger partial charge in [-0.2, -0.15) is 5.10 Å². The summed E-state index contributed by atoms with van der Waals surface area (Å²) in [5.41, 5.74) is 8.91. The number of nitrogen functional groups attached to an aromatic ring is 1. The van der Waals surface area contributed by atoms with Crippen LogP contribution in [0.25, 0.3) is 11.1 Å². The van der Waals surface area contributed by atoms with Crippen molar-refractivity contribution in [2.75, 3.05) is 25.4 Å². The summed E-state index contributed by atoms with van der Waals surface area (Å²) < 4.78 is 1.99. The first kappa shape index (κ1) is 13.6. The van der Waals surface area contributed by atoms with Gasteiger partial charge >= 0.3 is 0 Å². The van der Waals surface area contributed by atoms with E-state index in [1.54, 1.807) is 0 Å². The van der Waals surface area contributed by atoms with Gasteiger partial charge in [0.15, 0.2) is 0 Å². The molecule has 0 spiro atoms. The predicted molar refractivity (Wildman–Crippen MR) is 79.9 cm³/mol. The van der Waals surface area contributed by atoms with Gasteiger partial charge in [-0.3, -0.25) is 4.68 Å². The maximum atomic E-state index is 5.98. The molecule has 1 heterocycles. The van der Waals surface area contributed by atoms with E-state index < -0.39 is 0 Å². The number of nitrogens with two attached hydrogens (primary N) is 1. The molecule has 0 saturated carbocycles. The molecule has 19 heavy (non-hydrogen) atoms. The minimum Gasteiger partial charge on any atom is -0.398 e. The van der Waals surface area contributed by atoms with Gasteiger partial charge in [-0.25, -0.2) is 0 Å². The molecular weight excluding hydrogens is 236 g/mol. The summed E-state index contributed by atoms with van der Waals surface area (Å²) in [5.74, 6) is 0. The van der Waals surface area contributed by atoms with Crippen molar-refractivity contribution in [1.82, 2.24) is 14.7 Å². The zero-order chi connectivity index (χ0) is 13.7. The third-order valence-electron chi connectivity index (χ3n) is 3.44. The lowest BCUT2D eigenvalue weighted by molar-refractivity contribution is 0.285. The van der Waals surface area contributed by atoms with Crippen LogP contribution in [0.1, 0.15) is 13.8 Å². The second-order valence-electron chi connectivity index (χ2n) is 4.61. The molecule has 0 radical (unpaired) electrons. The third-order valence-corrected chi connectivity index (χ3v) is 3.44. The molecule has 1 aromatic carbocycles. The second-order valence-corrected chi connectivity index (χ2v) is 4.61. The maximum Gasteiger partial charge on any atom is 0.0569 e. The van der Waals surface area contributed by atoms with Crippen LogP contribution in [-0.4, -0.2) is 34.3 Å². The highest BCUT2D eigenvalue weighted by Gasteiger charge is 2.05. The molecule has 1 aromatic heterocycles. The fourth-order valence-electron chi connectivity index (χ4n) is 2.17. The number of benzene rings is 1. The highest BCUT2D eigenvalue weighted by molar-refractivity contribution is 5.75. The Bertz CT molecular complexity index is 514. The Labute approximate surface area is 114 Å². The Kier molecular flexibility index (Phi) is 4.58. The lowest BCUT2D eigenvalue weighted by Crippen LogP contribution is -2.27. The Morgan fingerprint density at radius 1 is 1.21 bits per heavy atom. The molecule has 0 atom stereocenters. The average molecular weight is 258 g/mol. The van der Waals surface area contributed by atoms with Gasteiger partial charge in [0.05, 0.1) is 12.7 Å². The van der Waals surface area contributed by atoms with E-state index in [0.29, 0.717) is 0 Å². The first-order valence-corrected chi connectivity index (χ1v) is 6.84. The summed E-state index contributed by atoms with van der Waals surface area (Å²) in [7, 11) is 0. The van der Waals surface area contributed by atoms with Gasteiger partial charge < -0.3 is 10.6 Å². The van der Waals surface area contributed by atoms with E-state index in [1.165, 1.54) is 0 Å². The fourth-order valence-corrected chi connectivity index (χ4v) is 2.17. The smallest absolute Gasteiger partial charge is 0.0569 e. The number of likely N-dealkylation sites (N-methyl/N-ethyl adjacent to an activating group) is 1. The number of rotatable bonds is 6. The number of hydrogen-bond acceptors (Lipinski definition) is 3. The van der Waals surface area contributed by atoms with Crippen LogP contribution in [-0.2, 0) is 6.54 Å². The van der Waals surface area contributed by atoms with E-state index in [2.05, 4.69) is 30.0 Å². The topological polar surface area (TPSA) is 47.1 Å². The molecule has 0 aliphatic rings. The van der Waals surface area contributed by atoms with Crippen molar-refractivity contribution < 1.29 is 0 Å². The molecule has 4 nitrogen and oxygen atoms in total. The SMILES string of the molecule is CCN(CC)CCn1cc(-c2ccccc2N)cn1. The zero-order valence-corrected chi connectivity index (χ0v) is 11.7. The normalized spacial score (nSPS) is 11.1. The van der Waals surface area contributed by atoms with E-state index in [1.807, 2.05) is 35.1 Å². The molecule has 0 amide bonds. The van der Waals surface area contributed by atoms with Crippen LogP contribution in [0.5, 0.6) is 0 Å². The van der Waals surface area contributed by atoms with Crippen molar-refractivity contribution in [3.63, 3.8) is 0 Å². The van der Waals surface area contributed by atoms with E-state index in [0.717, 1.165) is 43.0 Å². The van der Waals surface area contributed by atoms with Crippen LogP contribution in [0, 0.1) is 0 Å². The molecule has 0 aliphatic carbocycles. The van der Waals surface area contributed by atoms with Crippen LogP contribution in [0.15, 0.2) is 36.7 Å². The highest BCUT2D eigenvalue weighted by Crippen LogP contribution is 2.24. The Balaban J connectivity index is 2.05. The molecule has 0 bridgehead atoms. The standard InChI is InChI=1S/C15H22N4/c1-3-18(4-2)9-10-19-12-13(11-17-19)14-7-5-6-8-15(14)16/h5-8,11-12H,3-4,9-10,16H2,1-2H3. The van der Waals surface area contributed by atoms with Gasteiger partial charge in [0, 0.05) is 29.6 Å². The molecule has 0 fully saturated rings. The summed E-state index contributed by atoms with van der Waals surface area (Å²) in [6.45, 7) is 8.46. The number of hydrogen-bond donors (Lipinski definition) is 1. The van der Waals surface area contributed by atoms with Crippen molar-refractivity contribution in [3.8, 4) is 11.1 Å². The number of anilines is 1. The summed E-state index contributed by atoms with van der Waals surface area (Å²) in [4.78, 5) is 2.39. The van der Waals surface area contributed by atoms with Crippen molar-refractivity contribution in [2.24, 2.45) is 0 Å². The van der Waals surface area contributed by atoms with Gasteiger partial charge in [0.25, 0.3) is 0 Å². The van der Waals surface area contributed by atoms with Gasteiger partial charge in [0.1, 0.15) is 0 Å². The van der Waals surface area contributed by atoms with Crippen LogP contribution in [0.4, 0.5) is 5.69 Å². The molecular formula is C15H22N4. The molecule has 0 saturated heterocycles. The maximum absolute atomic E-state index is 5.98. The van der Waals surface area contributed by atoms with E-state index in [4.69, 9.17) is 5.73 Å². The van der Waals surface area contributed by atoms with Gasteiger partial charge in [-0.1, -0.05) is 32.0 Å². The van der Waals surface area contributed by atoms with Crippen molar-refractivity contribution in [1.29, 1.82) is 0 Å². The second kappa shape index (κ2) is 6.38. The number of para-hydroxylation sites is 1. The third kappa shape index (κ3) is 3.35. The predicted octanol–water partition coefficient (Wildman–Crippen LogP) is 2.47. The first-order chi connectivity index (χ1) is 9.24. The molecule has 2 aromatic rings. The molecule has 2 N–H and O–H groups in total. The van der Waals surface area contributed by atoms with E-state index >= 15 is 0 Å². The largest absolute Gasteiger partial charge is 0.398 e. The molecule has 102 valence electrons. The van der Waals surface area contributed by atoms with Gasteiger partial charge in [-0.05, 0) is 19.2 Å². The lowest BCUT2D eigenvalue weighted by Gasteiger charge is -2.17. The van der Waals surface area contributed by atoms with E-state index in [-0.39, 0.29) is 0 Å². The summed E-state index contributed by atoms with van der Waals surface area (Å²) >= 11 is 0. The summed E-state index contributed by atoms with van der Waals surface area (Å²) in [5, 5.41) is 4.41. The molecule has 0 unspecified atom stereocenters.